The van der Waals surface area contributed by atoms with Gasteiger partial charge in [0, 0.05) is 0 Å². The van der Waals surface area contributed by atoms with E-state index in [-0.39, 0.29) is 5.92 Å². The smallest absolute Gasteiger partial charge is 0.114 e. The molecule has 0 saturated carbocycles. The molecule has 1 atom stereocenters. The Balaban J connectivity index is 3.76. The monoisotopic (exact) mass is 167 g/mol. The minimum atomic E-state index is -0.568. The Bertz CT molecular complexity index is 154. The molecule has 0 amide bonds. The number of allylic oxidation sites excluding steroid dienone is 3. The van der Waals surface area contributed by atoms with Crippen molar-refractivity contribution < 1.29 is 5.11 Å². The summed E-state index contributed by atoms with van der Waals surface area (Å²) in [5, 5.41) is 11.2. The molecular formula is C11H19O. The van der Waals surface area contributed by atoms with Gasteiger partial charge in [0.25, 0.3) is 0 Å². The highest BCUT2D eigenvalue weighted by Crippen LogP contribution is 2.03. The molecular weight excluding hydrogens is 148 g/mol. The van der Waals surface area contributed by atoms with Gasteiger partial charge in [-0.3, -0.25) is 0 Å². The van der Waals surface area contributed by atoms with Gasteiger partial charge in [-0.15, -0.1) is 0 Å². The maximum atomic E-state index is 11.2. The maximum absolute atomic E-state index is 11.2. The van der Waals surface area contributed by atoms with Crippen LogP contribution in [0.2, 0.25) is 0 Å². The van der Waals surface area contributed by atoms with Crippen molar-refractivity contribution in [3.63, 3.8) is 0 Å². The second-order valence-electron chi connectivity index (χ2n) is 3.72. The molecule has 0 aromatic heterocycles. The zero-order valence-electron chi connectivity index (χ0n) is 8.45. The van der Waals surface area contributed by atoms with Gasteiger partial charge in [-0.1, -0.05) is 52.0 Å². The number of rotatable bonds is 4. The first-order valence-corrected chi connectivity index (χ1v) is 4.55. The average molecular weight is 167 g/mol. The van der Waals surface area contributed by atoms with Crippen LogP contribution >= 0.6 is 0 Å². The summed E-state index contributed by atoms with van der Waals surface area (Å²) >= 11 is 0. The molecule has 0 aliphatic heterocycles. The fourth-order valence-electron chi connectivity index (χ4n) is 0.682. The average Bonchev–Trinajstić information content (AvgIpc) is 1.97. The third-order valence-electron chi connectivity index (χ3n) is 1.56. The van der Waals surface area contributed by atoms with E-state index in [2.05, 4.69) is 19.9 Å². The van der Waals surface area contributed by atoms with Crippen molar-refractivity contribution in [2.75, 3.05) is 0 Å². The molecule has 0 saturated heterocycles. The molecule has 12 heavy (non-hydrogen) atoms. The zero-order valence-corrected chi connectivity index (χ0v) is 8.45. The minimum Gasteiger partial charge on any atom is -0.228 e. The van der Waals surface area contributed by atoms with E-state index in [0.717, 1.165) is 0 Å². The van der Waals surface area contributed by atoms with Gasteiger partial charge in [0.2, 0.25) is 0 Å². The molecule has 0 N–H and O–H groups in total. The first-order chi connectivity index (χ1) is 5.54. The van der Waals surface area contributed by atoms with Crippen LogP contribution in [0.1, 0.15) is 27.7 Å². The highest BCUT2D eigenvalue weighted by molar-refractivity contribution is 5.05. The molecule has 0 aromatic carbocycles. The molecule has 1 heteroatoms. The largest absolute Gasteiger partial charge is 0.228 e. The van der Waals surface area contributed by atoms with E-state index in [1.807, 2.05) is 26.0 Å². The van der Waals surface area contributed by atoms with Gasteiger partial charge in [0.15, 0.2) is 0 Å². The van der Waals surface area contributed by atoms with Crippen LogP contribution in [0, 0.1) is 11.8 Å². The van der Waals surface area contributed by atoms with Crippen LogP contribution in [-0.4, -0.2) is 6.10 Å². The molecule has 0 fully saturated rings. The van der Waals surface area contributed by atoms with Gasteiger partial charge in [-0.05, 0) is 11.8 Å². The van der Waals surface area contributed by atoms with Crippen molar-refractivity contribution in [2.45, 2.75) is 33.8 Å². The summed E-state index contributed by atoms with van der Waals surface area (Å²) in [4.78, 5) is 0. The van der Waals surface area contributed by atoms with Crippen molar-refractivity contribution >= 4 is 0 Å². The van der Waals surface area contributed by atoms with Gasteiger partial charge in [-0.25, -0.2) is 5.11 Å². The van der Waals surface area contributed by atoms with E-state index >= 15 is 0 Å². The maximum Gasteiger partial charge on any atom is 0.114 e. The van der Waals surface area contributed by atoms with Crippen LogP contribution < -0.4 is 0 Å². The number of hydrogen-bond donors (Lipinski definition) is 0. The predicted octanol–water partition coefficient (Wildman–Crippen LogP) is 3.21. The van der Waals surface area contributed by atoms with Crippen molar-refractivity contribution in [2.24, 2.45) is 11.8 Å². The van der Waals surface area contributed by atoms with Gasteiger partial charge in [0.05, 0.1) is 0 Å². The first kappa shape index (κ1) is 11.4. The van der Waals surface area contributed by atoms with Gasteiger partial charge in [-0.2, -0.15) is 0 Å². The summed E-state index contributed by atoms with van der Waals surface area (Å²) in [7, 11) is 0. The van der Waals surface area contributed by atoms with E-state index in [1.54, 1.807) is 6.08 Å². The predicted molar refractivity (Wildman–Crippen MR) is 52.4 cm³/mol. The summed E-state index contributed by atoms with van der Waals surface area (Å²) < 4.78 is 0. The Labute approximate surface area is 75.8 Å². The van der Waals surface area contributed by atoms with Crippen LogP contribution in [0.25, 0.3) is 0 Å². The molecule has 69 valence electrons. The Morgan fingerprint density at radius 1 is 0.917 bits per heavy atom. The van der Waals surface area contributed by atoms with Gasteiger partial charge < -0.3 is 0 Å². The lowest BCUT2D eigenvalue weighted by molar-refractivity contribution is 0.0901. The summed E-state index contributed by atoms with van der Waals surface area (Å²) in [6, 6.07) is 0. The number of hydrogen-bond acceptors (Lipinski definition) is 0. The SMILES string of the molecule is CC(C)/C=C\C=C\C([O])C(C)C. The minimum absolute atomic E-state index is 0.189. The summed E-state index contributed by atoms with van der Waals surface area (Å²) in [5.41, 5.74) is 0. The second kappa shape index (κ2) is 6.01. The van der Waals surface area contributed by atoms with Crippen molar-refractivity contribution in [1.82, 2.24) is 0 Å². The van der Waals surface area contributed by atoms with E-state index in [9.17, 15) is 5.11 Å². The molecule has 0 rings (SSSR count). The highest BCUT2D eigenvalue weighted by atomic mass is 16.3. The van der Waals surface area contributed by atoms with E-state index in [4.69, 9.17) is 0 Å². The van der Waals surface area contributed by atoms with E-state index in [0.29, 0.717) is 5.92 Å². The fourth-order valence-corrected chi connectivity index (χ4v) is 0.682. The molecule has 0 aliphatic rings. The fraction of sp³-hybridized carbons (Fsp3) is 0.636. The Morgan fingerprint density at radius 3 is 1.83 bits per heavy atom. The molecule has 0 heterocycles. The van der Waals surface area contributed by atoms with E-state index < -0.39 is 6.10 Å². The van der Waals surface area contributed by atoms with Crippen LogP contribution in [0.3, 0.4) is 0 Å². The van der Waals surface area contributed by atoms with Crippen LogP contribution in [0.4, 0.5) is 0 Å². The Morgan fingerprint density at radius 2 is 1.42 bits per heavy atom. The lowest BCUT2D eigenvalue weighted by atomic mass is 10.1. The third kappa shape index (κ3) is 6.17. The van der Waals surface area contributed by atoms with Gasteiger partial charge >= 0.3 is 0 Å². The summed E-state index contributed by atoms with van der Waals surface area (Å²) in [6.45, 7) is 8.10. The molecule has 0 spiro atoms. The molecule has 1 radical (unpaired) electrons. The Hall–Kier alpha value is -0.560. The molecule has 1 nitrogen and oxygen atoms in total. The third-order valence-corrected chi connectivity index (χ3v) is 1.56. The quantitative estimate of drug-likeness (QED) is 0.573. The molecule has 0 aliphatic carbocycles. The van der Waals surface area contributed by atoms with E-state index in [1.165, 1.54) is 0 Å². The Kier molecular flexibility index (Phi) is 5.73. The first-order valence-electron chi connectivity index (χ1n) is 4.55. The second-order valence-corrected chi connectivity index (χ2v) is 3.72. The van der Waals surface area contributed by atoms with Crippen LogP contribution in [0.15, 0.2) is 24.3 Å². The van der Waals surface area contributed by atoms with Crippen LogP contribution in [-0.2, 0) is 5.11 Å². The van der Waals surface area contributed by atoms with Crippen molar-refractivity contribution in [3.05, 3.63) is 24.3 Å². The summed E-state index contributed by atoms with van der Waals surface area (Å²) in [5.74, 6) is 0.743. The van der Waals surface area contributed by atoms with Crippen molar-refractivity contribution in [3.8, 4) is 0 Å². The van der Waals surface area contributed by atoms with Crippen molar-refractivity contribution in [1.29, 1.82) is 0 Å². The van der Waals surface area contributed by atoms with Crippen LogP contribution in [0.5, 0.6) is 0 Å². The van der Waals surface area contributed by atoms with Gasteiger partial charge in [0.1, 0.15) is 6.10 Å². The molecule has 1 unspecified atom stereocenters. The molecule has 0 bridgehead atoms. The highest BCUT2D eigenvalue weighted by Gasteiger charge is 2.04. The zero-order chi connectivity index (χ0) is 9.56. The normalized spacial score (nSPS) is 15.6. The standard InChI is InChI=1S/C11H19O/c1-9(2)7-5-6-8-11(12)10(3)4/h5-11H,1-4H3/b7-5-,8-6+. The lowest BCUT2D eigenvalue weighted by Gasteiger charge is -2.04. The molecule has 0 aromatic rings. The topological polar surface area (TPSA) is 19.9 Å². The lowest BCUT2D eigenvalue weighted by Crippen LogP contribution is -2.08. The summed E-state index contributed by atoms with van der Waals surface area (Å²) in [6.07, 6.45) is 7.00.